The molecule has 4 aromatic rings. The van der Waals surface area contributed by atoms with E-state index >= 15 is 0 Å². The van der Waals surface area contributed by atoms with Gasteiger partial charge in [0, 0.05) is 37.1 Å². The van der Waals surface area contributed by atoms with Crippen molar-refractivity contribution in [3.63, 3.8) is 0 Å². The van der Waals surface area contributed by atoms with Crippen molar-refractivity contribution < 1.29 is 4.39 Å². The van der Waals surface area contributed by atoms with Gasteiger partial charge in [0.15, 0.2) is 0 Å². The minimum absolute atomic E-state index is 0.0284. The van der Waals surface area contributed by atoms with Crippen molar-refractivity contribution in [2.24, 2.45) is 5.73 Å². The molecule has 2 aromatic heterocycles. The molecule has 0 saturated carbocycles. The minimum atomic E-state index is -0.563. The first-order chi connectivity index (χ1) is 15.6. The first kappa shape index (κ1) is 19.7. The van der Waals surface area contributed by atoms with Crippen molar-refractivity contribution in [2.45, 2.75) is 12.5 Å². The summed E-state index contributed by atoms with van der Waals surface area (Å²) in [5.41, 5.74) is 11.0. The highest BCUT2D eigenvalue weighted by molar-refractivity contribution is 5.92. The van der Waals surface area contributed by atoms with Crippen LogP contribution in [0.3, 0.4) is 0 Å². The van der Waals surface area contributed by atoms with Crippen molar-refractivity contribution in [3.05, 3.63) is 65.7 Å². The Morgan fingerprint density at radius 3 is 2.66 bits per heavy atom. The van der Waals surface area contributed by atoms with Gasteiger partial charge in [-0.25, -0.2) is 9.37 Å². The molecule has 1 saturated heterocycles. The molecule has 5 rings (SSSR count). The van der Waals surface area contributed by atoms with Crippen LogP contribution in [-0.4, -0.2) is 34.1 Å². The number of benzene rings is 2. The molecule has 32 heavy (non-hydrogen) atoms. The average Bonchev–Trinajstić information content (AvgIpc) is 3.45. The fourth-order valence-corrected chi connectivity index (χ4v) is 4.20. The van der Waals surface area contributed by atoms with Crippen LogP contribution in [0.2, 0.25) is 0 Å². The summed E-state index contributed by atoms with van der Waals surface area (Å²) in [4.78, 5) is 14.6. The van der Waals surface area contributed by atoms with Gasteiger partial charge in [0.25, 0.3) is 0 Å². The summed E-state index contributed by atoms with van der Waals surface area (Å²) in [6.07, 6.45) is 4.27. The third kappa shape index (κ3) is 3.24. The Hall–Kier alpha value is -4.27. The highest BCUT2D eigenvalue weighted by atomic mass is 19.1. The number of fused-ring (bicyclic) bond motifs is 1. The molecule has 3 N–H and O–H groups in total. The van der Waals surface area contributed by atoms with Crippen molar-refractivity contribution in [1.82, 2.24) is 15.0 Å². The first-order valence-corrected chi connectivity index (χ1v) is 10.2. The molecule has 0 spiro atoms. The zero-order valence-electron chi connectivity index (χ0n) is 17.0. The number of hydrogen-bond acceptors (Lipinski definition) is 6. The van der Waals surface area contributed by atoms with E-state index in [2.05, 4.69) is 20.9 Å². The second-order valence-electron chi connectivity index (χ2n) is 7.78. The largest absolute Gasteiger partial charge is 0.369 e. The number of rotatable bonds is 3. The third-order valence-corrected chi connectivity index (χ3v) is 5.74. The van der Waals surface area contributed by atoms with Crippen LogP contribution in [0, 0.1) is 28.5 Å². The Morgan fingerprint density at radius 2 is 1.91 bits per heavy atom. The van der Waals surface area contributed by atoms with E-state index in [0.717, 1.165) is 35.3 Å². The molecule has 1 aliphatic rings. The summed E-state index contributed by atoms with van der Waals surface area (Å²) in [5, 5.41) is 18.7. The number of nitriles is 2. The van der Waals surface area contributed by atoms with E-state index in [-0.39, 0.29) is 11.6 Å². The van der Waals surface area contributed by atoms with Crippen LogP contribution in [0.4, 0.5) is 10.1 Å². The number of aromatic nitrogens is 3. The molecule has 0 radical (unpaired) electrons. The smallest absolute Gasteiger partial charge is 0.142 e. The average molecular weight is 423 g/mol. The Morgan fingerprint density at radius 1 is 1.09 bits per heavy atom. The van der Waals surface area contributed by atoms with Gasteiger partial charge in [0.2, 0.25) is 0 Å². The Bertz CT molecular complexity index is 1430. The summed E-state index contributed by atoms with van der Waals surface area (Å²) in [6, 6.07) is 14.0. The van der Waals surface area contributed by atoms with E-state index in [0.29, 0.717) is 29.0 Å². The Labute approximate surface area is 183 Å². The quantitative estimate of drug-likeness (QED) is 0.519. The highest BCUT2D eigenvalue weighted by Crippen LogP contribution is 2.40. The standard InChI is InChI=1S/C24H18FN7/c25-20-5-4-14(8-16(20)10-27)18-11-29-12-19(23(18)32-7-6-17(28)13-32)24-30-21-3-1-2-15(9-26)22(21)31-24/h1-5,8,11-12,17H,6-7,13,28H2,(H,30,31)/t17-/m0/s1. The van der Waals surface area contributed by atoms with E-state index in [4.69, 9.17) is 10.7 Å². The molecular weight excluding hydrogens is 405 g/mol. The molecule has 7 nitrogen and oxygen atoms in total. The molecule has 156 valence electrons. The lowest BCUT2D eigenvalue weighted by molar-refractivity contribution is 0.624. The molecular formula is C24H18FN7. The van der Waals surface area contributed by atoms with Crippen LogP contribution in [0.5, 0.6) is 0 Å². The van der Waals surface area contributed by atoms with Gasteiger partial charge in [-0.05, 0) is 36.2 Å². The first-order valence-electron chi connectivity index (χ1n) is 10.2. The molecule has 1 aliphatic heterocycles. The maximum atomic E-state index is 14.0. The normalized spacial score (nSPS) is 15.6. The van der Waals surface area contributed by atoms with E-state index in [1.54, 1.807) is 30.6 Å². The number of hydrogen-bond donors (Lipinski definition) is 2. The molecule has 8 heteroatoms. The molecule has 0 amide bonds. The fourth-order valence-electron chi connectivity index (χ4n) is 4.20. The summed E-state index contributed by atoms with van der Waals surface area (Å²) >= 11 is 0. The van der Waals surface area contributed by atoms with Crippen molar-refractivity contribution in [2.75, 3.05) is 18.0 Å². The molecule has 0 unspecified atom stereocenters. The molecule has 2 aromatic carbocycles. The van der Waals surface area contributed by atoms with Gasteiger partial charge in [0.05, 0.1) is 27.9 Å². The van der Waals surface area contributed by atoms with Crippen LogP contribution in [0.25, 0.3) is 33.5 Å². The van der Waals surface area contributed by atoms with Gasteiger partial charge in [-0.3, -0.25) is 4.98 Å². The van der Waals surface area contributed by atoms with Crippen LogP contribution in [0.15, 0.2) is 48.8 Å². The number of imidazole rings is 1. The molecule has 1 fully saturated rings. The number of nitrogens with zero attached hydrogens (tertiary/aromatic N) is 5. The predicted molar refractivity (Wildman–Crippen MR) is 119 cm³/mol. The summed E-state index contributed by atoms with van der Waals surface area (Å²) < 4.78 is 14.0. The number of para-hydroxylation sites is 1. The zero-order valence-corrected chi connectivity index (χ0v) is 17.0. The minimum Gasteiger partial charge on any atom is -0.369 e. The van der Waals surface area contributed by atoms with E-state index in [9.17, 15) is 14.9 Å². The second-order valence-corrected chi connectivity index (χ2v) is 7.78. The lowest BCUT2D eigenvalue weighted by Crippen LogP contribution is -2.27. The predicted octanol–water partition coefficient (Wildman–Crippen LogP) is 3.71. The number of pyridine rings is 1. The van der Waals surface area contributed by atoms with Crippen LogP contribution in [-0.2, 0) is 0 Å². The fraction of sp³-hybridized carbons (Fsp3) is 0.167. The lowest BCUT2D eigenvalue weighted by Gasteiger charge is -2.24. The van der Waals surface area contributed by atoms with Gasteiger partial charge >= 0.3 is 0 Å². The van der Waals surface area contributed by atoms with Crippen LogP contribution in [0.1, 0.15) is 17.5 Å². The summed E-state index contributed by atoms with van der Waals surface area (Å²) in [7, 11) is 0. The van der Waals surface area contributed by atoms with Gasteiger partial charge in [-0.15, -0.1) is 0 Å². The maximum absolute atomic E-state index is 14.0. The Kier molecular flexibility index (Phi) is 4.78. The molecule has 0 bridgehead atoms. The third-order valence-electron chi connectivity index (χ3n) is 5.74. The topological polar surface area (TPSA) is 118 Å². The molecule has 1 atom stereocenters. The summed E-state index contributed by atoms with van der Waals surface area (Å²) in [6.45, 7) is 1.40. The van der Waals surface area contributed by atoms with Gasteiger partial charge in [0.1, 0.15) is 29.3 Å². The SMILES string of the molecule is N#Cc1cc(-c2cncc(-c3nc4c(C#N)cccc4[nH]3)c2N2CC[C@H](N)C2)ccc1F. The number of nitrogens with two attached hydrogens (primary N) is 1. The van der Waals surface area contributed by atoms with Crippen molar-refractivity contribution >= 4 is 16.7 Å². The molecule has 3 heterocycles. The van der Waals surface area contributed by atoms with Crippen molar-refractivity contribution in [3.8, 4) is 34.7 Å². The number of H-pyrrole nitrogens is 1. The zero-order chi connectivity index (χ0) is 22.2. The monoisotopic (exact) mass is 423 g/mol. The number of nitrogens with one attached hydrogen (secondary N) is 1. The Balaban J connectivity index is 1.75. The van der Waals surface area contributed by atoms with E-state index in [1.165, 1.54) is 12.1 Å². The van der Waals surface area contributed by atoms with Crippen LogP contribution < -0.4 is 10.6 Å². The van der Waals surface area contributed by atoms with E-state index in [1.807, 2.05) is 12.1 Å². The second kappa shape index (κ2) is 7.77. The molecule has 0 aliphatic carbocycles. The number of halogens is 1. The van der Waals surface area contributed by atoms with Gasteiger partial charge in [-0.2, -0.15) is 10.5 Å². The van der Waals surface area contributed by atoms with Crippen LogP contribution >= 0.6 is 0 Å². The maximum Gasteiger partial charge on any atom is 0.142 e. The van der Waals surface area contributed by atoms with Crippen molar-refractivity contribution in [1.29, 1.82) is 10.5 Å². The number of anilines is 1. The number of aromatic amines is 1. The van der Waals surface area contributed by atoms with Gasteiger partial charge in [-0.1, -0.05) is 12.1 Å². The lowest BCUT2D eigenvalue weighted by atomic mass is 9.99. The highest BCUT2D eigenvalue weighted by Gasteiger charge is 2.26. The van der Waals surface area contributed by atoms with Gasteiger partial charge < -0.3 is 15.6 Å². The summed E-state index contributed by atoms with van der Waals surface area (Å²) in [5.74, 6) is 0.0153. The van der Waals surface area contributed by atoms with E-state index < -0.39 is 5.82 Å².